The maximum Gasteiger partial charge on any atom is 0.118 e. The highest BCUT2D eigenvalue weighted by atomic mass is 127. The van der Waals surface area contributed by atoms with Crippen LogP contribution in [0.2, 0.25) is 0 Å². The first kappa shape index (κ1) is 19.3. The van der Waals surface area contributed by atoms with Crippen molar-refractivity contribution in [2.24, 2.45) is 0 Å². The predicted octanol–water partition coefficient (Wildman–Crippen LogP) is 6.82. The van der Waals surface area contributed by atoms with E-state index in [-0.39, 0.29) is 0 Å². The van der Waals surface area contributed by atoms with Crippen LogP contribution in [0.25, 0.3) is 11.1 Å². The van der Waals surface area contributed by atoms with Gasteiger partial charge in [0.2, 0.25) is 0 Å². The van der Waals surface area contributed by atoms with Gasteiger partial charge >= 0.3 is 0 Å². The molecule has 0 N–H and O–H groups in total. The largest absolute Gasteiger partial charge is 0.497 e. The van der Waals surface area contributed by atoms with Gasteiger partial charge in [0.25, 0.3) is 0 Å². The third kappa shape index (κ3) is 4.33. The fraction of sp³-hybridized carbons (Fsp3) is 0.455. The zero-order chi connectivity index (χ0) is 17.5. The van der Waals surface area contributed by atoms with Crippen LogP contribution in [0.5, 0.6) is 5.75 Å². The SMILES string of the molecule is CCCc1cc(CCC)c(-c2ccc(OC)cc2)c(CCC)c1I. The van der Waals surface area contributed by atoms with Gasteiger partial charge in [-0.05, 0) is 81.8 Å². The molecule has 0 unspecified atom stereocenters. The average molecular weight is 436 g/mol. The highest BCUT2D eigenvalue weighted by Crippen LogP contribution is 2.36. The van der Waals surface area contributed by atoms with Gasteiger partial charge in [-0.25, -0.2) is 0 Å². The molecule has 0 saturated heterocycles. The lowest BCUT2D eigenvalue weighted by atomic mass is 9.87. The monoisotopic (exact) mass is 436 g/mol. The van der Waals surface area contributed by atoms with Crippen LogP contribution in [-0.4, -0.2) is 7.11 Å². The molecule has 0 atom stereocenters. The van der Waals surface area contributed by atoms with E-state index in [1.54, 1.807) is 7.11 Å². The lowest BCUT2D eigenvalue weighted by Gasteiger charge is -2.20. The van der Waals surface area contributed by atoms with E-state index in [1.165, 1.54) is 57.1 Å². The summed E-state index contributed by atoms with van der Waals surface area (Å²) in [5, 5.41) is 0. The first-order chi connectivity index (χ1) is 11.7. The van der Waals surface area contributed by atoms with Crippen molar-refractivity contribution in [1.29, 1.82) is 0 Å². The molecule has 0 radical (unpaired) electrons. The molecule has 1 nitrogen and oxygen atoms in total. The Morgan fingerprint density at radius 1 is 0.833 bits per heavy atom. The molecular formula is C22H29IO. The summed E-state index contributed by atoms with van der Waals surface area (Å²) in [6.45, 7) is 6.82. The standard InChI is InChI=1S/C22H29IO/c1-5-8-17-15-18(9-6-2)22(23)20(10-7-3)21(17)16-11-13-19(24-4)14-12-16/h11-15H,5-10H2,1-4H3. The smallest absolute Gasteiger partial charge is 0.118 e. The minimum Gasteiger partial charge on any atom is -0.497 e. The van der Waals surface area contributed by atoms with Crippen molar-refractivity contribution < 1.29 is 4.74 Å². The third-order valence-corrected chi connectivity index (χ3v) is 5.78. The molecule has 0 saturated carbocycles. The third-order valence-electron chi connectivity index (χ3n) is 4.44. The van der Waals surface area contributed by atoms with Crippen molar-refractivity contribution >= 4 is 22.6 Å². The normalized spacial score (nSPS) is 10.9. The van der Waals surface area contributed by atoms with Crippen LogP contribution in [0.15, 0.2) is 30.3 Å². The Labute approximate surface area is 161 Å². The quantitative estimate of drug-likeness (QED) is 0.413. The van der Waals surface area contributed by atoms with Crippen molar-refractivity contribution in [2.45, 2.75) is 59.3 Å². The van der Waals surface area contributed by atoms with Crippen LogP contribution in [0.4, 0.5) is 0 Å². The second kappa shape index (κ2) is 9.45. The molecule has 0 bridgehead atoms. The van der Waals surface area contributed by atoms with Gasteiger partial charge < -0.3 is 4.74 Å². The van der Waals surface area contributed by atoms with Gasteiger partial charge in [0, 0.05) is 3.57 Å². The molecule has 130 valence electrons. The molecular weight excluding hydrogens is 407 g/mol. The van der Waals surface area contributed by atoms with Gasteiger partial charge in [0.1, 0.15) is 5.75 Å². The van der Waals surface area contributed by atoms with E-state index in [0.29, 0.717) is 0 Å². The van der Waals surface area contributed by atoms with Crippen LogP contribution in [0.1, 0.15) is 56.7 Å². The maximum atomic E-state index is 5.33. The number of hydrogen-bond acceptors (Lipinski definition) is 1. The number of hydrogen-bond donors (Lipinski definition) is 0. The summed E-state index contributed by atoms with van der Waals surface area (Å²) in [4.78, 5) is 0. The van der Waals surface area contributed by atoms with Crippen molar-refractivity contribution in [3.05, 3.63) is 50.6 Å². The first-order valence-electron chi connectivity index (χ1n) is 9.13. The zero-order valence-electron chi connectivity index (χ0n) is 15.4. The number of methoxy groups -OCH3 is 1. The van der Waals surface area contributed by atoms with Gasteiger partial charge in [-0.2, -0.15) is 0 Å². The highest BCUT2D eigenvalue weighted by molar-refractivity contribution is 14.1. The average Bonchev–Trinajstić information content (AvgIpc) is 2.60. The topological polar surface area (TPSA) is 9.23 Å². The van der Waals surface area contributed by atoms with E-state index in [2.05, 4.69) is 73.7 Å². The van der Waals surface area contributed by atoms with Crippen molar-refractivity contribution in [2.75, 3.05) is 7.11 Å². The minimum absolute atomic E-state index is 0.921. The lowest BCUT2D eigenvalue weighted by molar-refractivity contribution is 0.415. The van der Waals surface area contributed by atoms with Crippen molar-refractivity contribution in [3.63, 3.8) is 0 Å². The zero-order valence-corrected chi connectivity index (χ0v) is 17.6. The molecule has 0 aromatic heterocycles. The summed E-state index contributed by atoms with van der Waals surface area (Å²) < 4.78 is 6.81. The van der Waals surface area contributed by atoms with Crippen LogP contribution >= 0.6 is 22.6 Å². The van der Waals surface area contributed by atoms with Crippen molar-refractivity contribution in [1.82, 2.24) is 0 Å². The summed E-state index contributed by atoms with van der Waals surface area (Å²) in [5.74, 6) is 0.921. The van der Waals surface area contributed by atoms with E-state index < -0.39 is 0 Å². The van der Waals surface area contributed by atoms with Crippen LogP contribution in [0.3, 0.4) is 0 Å². The summed E-state index contributed by atoms with van der Waals surface area (Å²) in [6.07, 6.45) is 7.03. The summed E-state index contributed by atoms with van der Waals surface area (Å²) in [5.41, 5.74) is 7.36. The molecule has 0 fully saturated rings. The number of ether oxygens (including phenoxy) is 1. The fourth-order valence-electron chi connectivity index (χ4n) is 3.36. The molecule has 24 heavy (non-hydrogen) atoms. The van der Waals surface area contributed by atoms with Gasteiger partial charge in [-0.15, -0.1) is 0 Å². The molecule has 2 heteroatoms. The van der Waals surface area contributed by atoms with Gasteiger partial charge in [0.05, 0.1) is 7.11 Å². The molecule has 0 aliphatic heterocycles. The number of halogens is 1. The Balaban J connectivity index is 2.66. The lowest BCUT2D eigenvalue weighted by Crippen LogP contribution is -2.04. The van der Waals surface area contributed by atoms with E-state index in [9.17, 15) is 0 Å². The molecule has 0 heterocycles. The van der Waals surface area contributed by atoms with E-state index >= 15 is 0 Å². The molecule has 0 aliphatic carbocycles. The Bertz CT molecular complexity index is 659. The summed E-state index contributed by atoms with van der Waals surface area (Å²) in [6, 6.07) is 11.0. The number of aryl methyl sites for hydroxylation is 2. The van der Waals surface area contributed by atoms with Crippen LogP contribution in [-0.2, 0) is 19.3 Å². The Kier molecular flexibility index (Phi) is 7.60. The maximum absolute atomic E-state index is 5.33. The molecule has 0 aliphatic rings. The first-order valence-corrected chi connectivity index (χ1v) is 10.2. The highest BCUT2D eigenvalue weighted by Gasteiger charge is 2.17. The van der Waals surface area contributed by atoms with Gasteiger partial charge in [0.15, 0.2) is 0 Å². The van der Waals surface area contributed by atoms with E-state index in [1.807, 2.05) is 0 Å². The number of rotatable bonds is 8. The van der Waals surface area contributed by atoms with Crippen LogP contribution < -0.4 is 4.74 Å². The van der Waals surface area contributed by atoms with E-state index in [0.717, 1.165) is 18.6 Å². The molecule has 2 aromatic carbocycles. The second-order valence-electron chi connectivity index (χ2n) is 6.34. The predicted molar refractivity (Wildman–Crippen MR) is 113 cm³/mol. The van der Waals surface area contributed by atoms with Crippen molar-refractivity contribution in [3.8, 4) is 16.9 Å². The Hall–Kier alpha value is -1.03. The molecule has 0 spiro atoms. The minimum atomic E-state index is 0.921. The number of benzene rings is 2. The summed E-state index contributed by atoms with van der Waals surface area (Å²) >= 11 is 2.57. The van der Waals surface area contributed by atoms with E-state index in [4.69, 9.17) is 4.74 Å². The molecule has 2 aromatic rings. The second-order valence-corrected chi connectivity index (χ2v) is 7.42. The Morgan fingerprint density at radius 3 is 1.96 bits per heavy atom. The molecule has 0 amide bonds. The van der Waals surface area contributed by atoms with Crippen LogP contribution in [0, 0.1) is 3.57 Å². The van der Waals surface area contributed by atoms with Gasteiger partial charge in [-0.1, -0.05) is 58.2 Å². The summed E-state index contributed by atoms with van der Waals surface area (Å²) in [7, 11) is 1.72. The fourth-order valence-corrected chi connectivity index (χ4v) is 4.33. The Morgan fingerprint density at radius 2 is 1.42 bits per heavy atom. The molecule has 2 rings (SSSR count). The van der Waals surface area contributed by atoms with Gasteiger partial charge in [-0.3, -0.25) is 0 Å².